The monoisotopic (exact) mass is 477 g/mol. The summed E-state index contributed by atoms with van der Waals surface area (Å²) >= 11 is 5.51. The average molecular weight is 478 g/mol. The number of ether oxygens (including phenoxy) is 1. The minimum absolute atomic E-state index is 0.0390. The third-order valence-electron chi connectivity index (χ3n) is 3.72. The van der Waals surface area contributed by atoms with Gasteiger partial charge in [0.2, 0.25) is 0 Å². The van der Waals surface area contributed by atoms with Crippen molar-refractivity contribution in [2.45, 2.75) is 41.5 Å². The minimum Gasteiger partial charge on any atom is -0.591 e. The number of hydrogen-bond donors (Lipinski definition) is 0. The number of nitrogens with zero attached hydrogens (tertiary/aromatic N) is 1. The van der Waals surface area contributed by atoms with Crippen molar-refractivity contribution in [2.75, 3.05) is 7.11 Å². The normalized spacial score (nSPS) is 13.5. The lowest BCUT2D eigenvalue weighted by atomic mass is 10.1. The largest absolute Gasteiger partial charge is 0.591 e. The maximum atomic E-state index is 13.3. The number of methoxy groups -OCH3 is 1. The molecule has 0 aliphatic rings. The number of hydrogen-bond acceptors (Lipinski definition) is 5. The maximum Gasteiger partial charge on any atom is 0.416 e. The van der Waals surface area contributed by atoms with Crippen LogP contribution in [0, 0.1) is 0 Å². The fraction of sp³-hybridized carbons (Fsp3) is 0.300. The molecule has 1 unspecified atom stereocenters. The molecule has 0 aliphatic carbocycles. The highest BCUT2D eigenvalue weighted by molar-refractivity contribution is 7.99. The minimum atomic E-state index is -4.62. The molecule has 162 valence electrons. The Hall–Kier alpha value is -1.68. The molecule has 0 heterocycles. The van der Waals surface area contributed by atoms with Crippen molar-refractivity contribution in [3.8, 4) is 0 Å². The molecule has 0 spiro atoms. The molecule has 1 atom stereocenters. The third-order valence-corrected chi connectivity index (χ3v) is 6.71. The van der Waals surface area contributed by atoms with Crippen molar-refractivity contribution in [2.24, 2.45) is 4.40 Å². The van der Waals surface area contributed by atoms with E-state index in [2.05, 4.69) is 4.40 Å². The Balaban J connectivity index is 2.59. The first-order chi connectivity index (χ1) is 13.8. The number of carbonyl (C=O) groups excluding carboxylic acids is 1. The Bertz CT molecular complexity index is 959. The van der Waals surface area contributed by atoms with E-state index in [1.165, 1.54) is 13.2 Å². The number of carbonyl (C=O) groups is 1. The van der Waals surface area contributed by atoms with Crippen LogP contribution in [0.4, 0.5) is 13.2 Å². The van der Waals surface area contributed by atoms with Gasteiger partial charge in [0.1, 0.15) is 16.1 Å². The Morgan fingerprint density at radius 3 is 2.43 bits per heavy atom. The van der Waals surface area contributed by atoms with Gasteiger partial charge in [-0.3, -0.25) is 0 Å². The first-order valence-electron chi connectivity index (χ1n) is 8.56. The molecule has 0 N–H and O–H groups in total. The number of benzene rings is 2. The Morgan fingerprint density at radius 2 is 1.87 bits per heavy atom. The molecule has 2 rings (SSSR count). The molecule has 0 amide bonds. The number of halogens is 4. The van der Waals surface area contributed by atoms with Crippen LogP contribution in [0.1, 0.15) is 42.3 Å². The van der Waals surface area contributed by atoms with Gasteiger partial charge >= 0.3 is 12.1 Å². The molecule has 2 aromatic rings. The van der Waals surface area contributed by atoms with Gasteiger partial charge in [-0.25, -0.2) is 4.79 Å². The molecule has 0 aliphatic heterocycles. The van der Waals surface area contributed by atoms with Crippen molar-refractivity contribution in [1.29, 1.82) is 0 Å². The summed E-state index contributed by atoms with van der Waals surface area (Å²) in [5.41, 5.74) is -0.680. The summed E-state index contributed by atoms with van der Waals surface area (Å²) in [5, 5.41) is -0.169. The zero-order chi connectivity index (χ0) is 22.7. The van der Waals surface area contributed by atoms with Crippen LogP contribution in [0.15, 0.2) is 50.6 Å². The van der Waals surface area contributed by atoms with Gasteiger partial charge in [-0.1, -0.05) is 39.9 Å². The molecule has 0 saturated carbocycles. The third kappa shape index (κ3) is 6.16. The smallest absolute Gasteiger partial charge is 0.416 e. The quantitative estimate of drug-likeness (QED) is 0.293. The first kappa shape index (κ1) is 24.6. The predicted octanol–water partition coefficient (Wildman–Crippen LogP) is 6.18. The molecule has 2 aromatic carbocycles. The van der Waals surface area contributed by atoms with Crippen LogP contribution >= 0.6 is 23.4 Å². The van der Waals surface area contributed by atoms with E-state index in [0.717, 1.165) is 30.1 Å². The zero-order valence-electron chi connectivity index (χ0n) is 16.5. The van der Waals surface area contributed by atoms with Crippen LogP contribution in [-0.2, 0) is 22.3 Å². The van der Waals surface area contributed by atoms with Crippen LogP contribution < -0.4 is 0 Å². The Kier molecular flexibility index (Phi) is 7.90. The molecule has 4 nitrogen and oxygen atoms in total. The van der Waals surface area contributed by atoms with E-state index in [-0.39, 0.29) is 21.0 Å². The molecule has 0 radical (unpaired) electrons. The van der Waals surface area contributed by atoms with E-state index in [1.54, 1.807) is 39.0 Å². The van der Waals surface area contributed by atoms with Gasteiger partial charge in [-0.15, -0.1) is 0 Å². The van der Waals surface area contributed by atoms with E-state index in [1.807, 2.05) is 0 Å². The second-order valence-corrected chi connectivity index (χ2v) is 10.5. The van der Waals surface area contributed by atoms with Crippen molar-refractivity contribution in [3.05, 3.63) is 58.1 Å². The molecule has 0 saturated heterocycles. The van der Waals surface area contributed by atoms with E-state index >= 15 is 0 Å². The van der Waals surface area contributed by atoms with Gasteiger partial charge in [0, 0.05) is 15.4 Å². The van der Waals surface area contributed by atoms with E-state index in [4.69, 9.17) is 16.3 Å². The van der Waals surface area contributed by atoms with Gasteiger partial charge in [-0.05, 0) is 45.0 Å². The highest BCUT2D eigenvalue weighted by Gasteiger charge is 2.32. The lowest BCUT2D eigenvalue weighted by molar-refractivity contribution is -0.137. The summed E-state index contributed by atoms with van der Waals surface area (Å²) < 4.78 is 60.1. The van der Waals surface area contributed by atoms with Gasteiger partial charge in [0.25, 0.3) is 0 Å². The van der Waals surface area contributed by atoms with Crippen molar-refractivity contribution >= 4 is 46.9 Å². The van der Waals surface area contributed by atoms with Crippen LogP contribution in [0.3, 0.4) is 0 Å². The molecule has 0 aromatic heterocycles. The van der Waals surface area contributed by atoms with Gasteiger partial charge in [0.15, 0.2) is 0 Å². The van der Waals surface area contributed by atoms with E-state index in [0.29, 0.717) is 4.90 Å². The van der Waals surface area contributed by atoms with E-state index < -0.39 is 33.8 Å². The van der Waals surface area contributed by atoms with Gasteiger partial charge in [0.05, 0.1) is 29.5 Å². The molecule has 10 heteroatoms. The molecule has 30 heavy (non-hydrogen) atoms. The molecular formula is C20H19ClF3NO3S2. The SMILES string of the molecule is COC(=O)c1ccccc1Sc1c(Cl)cc(C(F)(F)F)cc1/C=N/[S+]([O-])C(C)(C)C. The van der Waals surface area contributed by atoms with Crippen LogP contribution in [-0.4, -0.2) is 28.6 Å². The maximum absolute atomic E-state index is 13.3. The van der Waals surface area contributed by atoms with Crippen molar-refractivity contribution in [1.82, 2.24) is 0 Å². The summed E-state index contributed by atoms with van der Waals surface area (Å²) in [5.74, 6) is -0.592. The van der Waals surface area contributed by atoms with Crippen molar-refractivity contribution < 1.29 is 27.3 Å². The average Bonchev–Trinajstić information content (AvgIpc) is 2.66. The fourth-order valence-electron chi connectivity index (χ4n) is 2.19. The Morgan fingerprint density at radius 1 is 1.23 bits per heavy atom. The molecule has 0 fully saturated rings. The summed E-state index contributed by atoms with van der Waals surface area (Å²) in [6.07, 6.45) is -3.51. The highest BCUT2D eigenvalue weighted by Crippen LogP contribution is 2.41. The molecular weight excluding hydrogens is 459 g/mol. The molecule has 0 bridgehead atoms. The van der Waals surface area contributed by atoms with Gasteiger partial charge < -0.3 is 9.29 Å². The summed E-state index contributed by atoms with van der Waals surface area (Å²) in [4.78, 5) is 12.7. The zero-order valence-corrected chi connectivity index (χ0v) is 18.9. The van der Waals surface area contributed by atoms with Gasteiger partial charge in [-0.2, -0.15) is 13.2 Å². The number of rotatable bonds is 5. The predicted molar refractivity (Wildman–Crippen MR) is 114 cm³/mol. The fourth-order valence-corrected chi connectivity index (χ4v) is 4.07. The summed E-state index contributed by atoms with van der Waals surface area (Å²) in [6.45, 7) is 5.09. The topological polar surface area (TPSA) is 61.7 Å². The lowest BCUT2D eigenvalue weighted by Crippen LogP contribution is -2.25. The Labute approximate surface area is 185 Å². The summed E-state index contributed by atoms with van der Waals surface area (Å²) in [7, 11) is 1.23. The van der Waals surface area contributed by atoms with Crippen LogP contribution in [0.25, 0.3) is 0 Å². The number of esters is 1. The second kappa shape index (κ2) is 9.64. The summed E-state index contributed by atoms with van der Waals surface area (Å²) in [6, 6.07) is 8.17. The van der Waals surface area contributed by atoms with Crippen LogP contribution in [0.5, 0.6) is 0 Å². The lowest BCUT2D eigenvalue weighted by Gasteiger charge is -2.18. The first-order valence-corrected chi connectivity index (χ1v) is 10.9. The highest BCUT2D eigenvalue weighted by atomic mass is 35.5. The van der Waals surface area contributed by atoms with Crippen molar-refractivity contribution in [3.63, 3.8) is 0 Å². The van der Waals surface area contributed by atoms with Crippen LogP contribution in [0.2, 0.25) is 5.02 Å². The number of alkyl halides is 3. The standard InChI is InChI=1S/C20H19ClF3NO3S2/c1-19(2,3)30(27)25-11-12-9-13(20(22,23)24)10-15(21)17(12)29-16-8-6-5-7-14(16)18(26)28-4/h5-11H,1-4H3/b25-11+. The second-order valence-electron chi connectivity index (χ2n) is 7.06. The van der Waals surface area contributed by atoms with E-state index in [9.17, 15) is 22.5 Å².